The van der Waals surface area contributed by atoms with Gasteiger partial charge < -0.3 is 9.73 Å². The molecular weight excluding hydrogens is 257 g/mol. The molecular formula is C7H8INO2. The number of rotatable bonds is 2. The van der Waals surface area contributed by atoms with Crippen LogP contribution < -0.4 is 5.32 Å². The normalized spacial score (nSPS) is 9.64. The van der Waals surface area contributed by atoms with E-state index in [1.54, 1.807) is 12.1 Å². The van der Waals surface area contributed by atoms with E-state index in [1.165, 1.54) is 0 Å². The molecule has 4 heteroatoms. The van der Waals surface area contributed by atoms with Crippen molar-refractivity contribution in [1.29, 1.82) is 0 Å². The van der Waals surface area contributed by atoms with Crippen LogP contribution in [-0.4, -0.2) is 12.5 Å². The summed E-state index contributed by atoms with van der Waals surface area (Å²) >= 11 is 2.02. The number of hydrogen-bond acceptors (Lipinski definition) is 2. The Labute approximate surface area is 78.3 Å². The topological polar surface area (TPSA) is 42.2 Å². The summed E-state index contributed by atoms with van der Waals surface area (Å²) in [4.78, 5) is 11.0. The molecule has 0 aliphatic heterocycles. The molecule has 0 radical (unpaired) electrons. The van der Waals surface area contributed by atoms with Gasteiger partial charge in [0.15, 0.2) is 9.53 Å². The van der Waals surface area contributed by atoms with Crippen molar-refractivity contribution in [2.75, 3.05) is 6.54 Å². The van der Waals surface area contributed by atoms with Gasteiger partial charge >= 0.3 is 0 Å². The van der Waals surface area contributed by atoms with Gasteiger partial charge in [0.05, 0.1) is 0 Å². The van der Waals surface area contributed by atoms with E-state index < -0.39 is 0 Å². The van der Waals surface area contributed by atoms with Gasteiger partial charge in [-0.1, -0.05) is 0 Å². The van der Waals surface area contributed by atoms with Crippen molar-refractivity contribution in [3.05, 3.63) is 21.7 Å². The van der Waals surface area contributed by atoms with Crippen molar-refractivity contribution in [2.24, 2.45) is 0 Å². The first-order valence-electron chi connectivity index (χ1n) is 3.27. The molecule has 1 amide bonds. The standard InChI is InChI=1S/C7H8INO2/c1-2-9-7(10)5-3-4-6(8)11-5/h3-4H,2H2,1H3,(H,9,10). The van der Waals surface area contributed by atoms with E-state index in [0.717, 1.165) is 3.77 Å². The van der Waals surface area contributed by atoms with Crippen molar-refractivity contribution < 1.29 is 9.21 Å². The molecule has 1 heterocycles. The molecule has 1 aromatic rings. The Kier molecular flexibility index (Phi) is 2.92. The number of amides is 1. The molecule has 0 bridgehead atoms. The Balaban J connectivity index is 2.69. The molecule has 0 aromatic carbocycles. The van der Waals surface area contributed by atoms with Crippen molar-refractivity contribution in [2.45, 2.75) is 6.92 Å². The zero-order valence-corrected chi connectivity index (χ0v) is 8.21. The summed E-state index contributed by atoms with van der Waals surface area (Å²) in [6.45, 7) is 2.49. The lowest BCUT2D eigenvalue weighted by Gasteiger charge is -1.95. The molecule has 0 spiro atoms. The molecule has 0 saturated heterocycles. The molecule has 0 fully saturated rings. The lowest BCUT2D eigenvalue weighted by atomic mass is 10.4. The van der Waals surface area contributed by atoms with E-state index in [-0.39, 0.29) is 5.91 Å². The maximum Gasteiger partial charge on any atom is 0.287 e. The first-order chi connectivity index (χ1) is 5.24. The highest BCUT2D eigenvalue weighted by molar-refractivity contribution is 14.1. The average molecular weight is 265 g/mol. The second-order valence-corrected chi connectivity index (χ2v) is 3.03. The van der Waals surface area contributed by atoms with Gasteiger partial charge in [-0.3, -0.25) is 4.79 Å². The monoisotopic (exact) mass is 265 g/mol. The first-order valence-corrected chi connectivity index (χ1v) is 4.35. The molecule has 1 aromatic heterocycles. The summed E-state index contributed by atoms with van der Waals surface area (Å²) in [5.74, 6) is 0.215. The molecule has 60 valence electrons. The summed E-state index contributed by atoms with van der Waals surface area (Å²) in [5.41, 5.74) is 0. The predicted molar refractivity (Wildman–Crippen MR) is 49.4 cm³/mol. The third-order valence-corrected chi connectivity index (χ3v) is 1.71. The van der Waals surface area contributed by atoms with Gasteiger partial charge in [0.1, 0.15) is 0 Å². The van der Waals surface area contributed by atoms with E-state index in [1.807, 2.05) is 29.5 Å². The number of carbonyl (C=O) groups is 1. The van der Waals surface area contributed by atoms with E-state index in [2.05, 4.69) is 5.32 Å². The predicted octanol–water partition coefficient (Wildman–Crippen LogP) is 1.63. The SMILES string of the molecule is CCNC(=O)c1ccc(I)o1. The van der Waals surface area contributed by atoms with Crippen LogP contribution in [0.5, 0.6) is 0 Å². The second kappa shape index (κ2) is 3.75. The van der Waals surface area contributed by atoms with Gasteiger partial charge in [0.2, 0.25) is 0 Å². The van der Waals surface area contributed by atoms with Crippen LogP contribution in [0.1, 0.15) is 17.5 Å². The molecule has 0 saturated carbocycles. The van der Waals surface area contributed by atoms with Crippen LogP contribution in [0.2, 0.25) is 0 Å². The zero-order chi connectivity index (χ0) is 8.27. The number of furan rings is 1. The van der Waals surface area contributed by atoms with Crippen molar-refractivity contribution in [3.8, 4) is 0 Å². The largest absolute Gasteiger partial charge is 0.445 e. The third kappa shape index (κ3) is 2.21. The quantitative estimate of drug-likeness (QED) is 0.826. The van der Waals surface area contributed by atoms with E-state index in [4.69, 9.17) is 4.42 Å². The Bertz CT molecular complexity index is 257. The molecule has 0 atom stereocenters. The van der Waals surface area contributed by atoms with E-state index in [9.17, 15) is 4.79 Å². The highest BCUT2D eigenvalue weighted by Gasteiger charge is 2.07. The number of hydrogen-bond donors (Lipinski definition) is 1. The van der Waals surface area contributed by atoms with Gasteiger partial charge in [-0.15, -0.1) is 0 Å². The molecule has 1 N–H and O–H groups in total. The molecule has 3 nitrogen and oxygen atoms in total. The van der Waals surface area contributed by atoms with Crippen LogP contribution >= 0.6 is 22.6 Å². The minimum Gasteiger partial charge on any atom is -0.445 e. The Morgan fingerprint density at radius 1 is 1.73 bits per heavy atom. The fraction of sp³-hybridized carbons (Fsp3) is 0.286. The fourth-order valence-electron chi connectivity index (χ4n) is 0.684. The van der Waals surface area contributed by atoms with Gasteiger partial charge in [-0.05, 0) is 41.6 Å². The smallest absolute Gasteiger partial charge is 0.287 e. The van der Waals surface area contributed by atoms with Gasteiger partial charge in [0, 0.05) is 6.54 Å². The highest BCUT2D eigenvalue weighted by Crippen LogP contribution is 2.09. The summed E-state index contributed by atoms with van der Waals surface area (Å²) < 4.78 is 5.80. The van der Waals surface area contributed by atoms with Gasteiger partial charge in [-0.25, -0.2) is 0 Å². The Morgan fingerprint density at radius 2 is 2.45 bits per heavy atom. The average Bonchev–Trinajstić information content (AvgIpc) is 2.36. The summed E-state index contributed by atoms with van der Waals surface area (Å²) in [6.07, 6.45) is 0. The second-order valence-electron chi connectivity index (χ2n) is 1.96. The maximum atomic E-state index is 11.0. The van der Waals surface area contributed by atoms with Gasteiger partial charge in [0.25, 0.3) is 5.91 Å². The summed E-state index contributed by atoms with van der Waals surface area (Å²) in [7, 11) is 0. The van der Waals surface area contributed by atoms with Crippen molar-refractivity contribution in [1.82, 2.24) is 5.32 Å². The lowest BCUT2D eigenvalue weighted by Crippen LogP contribution is -2.21. The van der Waals surface area contributed by atoms with Crippen LogP contribution in [0.15, 0.2) is 16.5 Å². The Hall–Kier alpha value is -0.520. The van der Waals surface area contributed by atoms with Crippen LogP contribution in [-0.2, 0) is 0 Å². The third-order valence-electron chi connectivity index (χ3n) is 1.13. The molecule has 1 rings (SSSR count). The highest BCUT2D eigenvalue weighted by atomic mass is 127. The molecule has 0 aliphatic rings. The minimum absolute atomic E-state index is 0.157. The minimum atomic E-state index is -0.157. The summed E-state index contributed by atoms with van der Waals surface area (Å²) in [6, 6.07) is 3.41. The Morgan fingerprint density at radius 3 is 2.91 bits per heavy atom. The number of carbonyl (C=O) groups excluding carboxylic acids is 1. The zero-order valence-electron chi connectivity index (χ0n) is 6.06. The molecule has 0 aliphatic carbocycles. The fourth-order valence-corrected chi connectivity index (χ4v) is 1.10. The molecule has 11 heavy (non-hydrogen) atoms. The number of nitrogens with one attached hydrogen (secondary N) is 1. The first kappa shape index (κ1) is 8.58. The van der Waals surface area contributed by atoms with Crippen LogP contribution in [0.25, 0.3) is 0 Å². The van der Waals surface area contributed by atoms with Crippen molar-refractivity contribution in [3.63, 3.8) is 0 Å². The maximum absolute atomic E-state index is 11.0. The van der Waals surface area contributed by atoms with Crippen LogP contribution in [0.4, 0.5) is 0 Å². The van der Waals surface area contributed by atoms with E-state index >= 15 is 0 Å². The summed E-state index contributed by atoms with van der Waals surface area (Å²) in [5, 5.41) is 2.64. The van der Waals surface area contributed by atoms with Gasteiger partial charge in [-0.2, -0.15) is 0 Å². The van der Waals surface area contributed by atoms with Crippen LogP contribution in [0.3, 0.4) is 0 Å². The number of halogens is 1. The van der Waals surface area contributed by atoms with Crippen molar-refractivity contribution >= 4 is 28.5 Å². The molecule has 0 unspecified atom stereocenters. The lowest BCUT2D eigenvalue weighted by molar-refractivity contribution is 0.0927. The van der Waals surface area contributed by atoms with E-state index in [0.29, 0.717) is 12.3 Å². The van der Waals surface area contributed by atoms with Crippen LogP contribution in [0, 0.1) is 3.77 Å².